The molecule has 0 saturated heterocycles. The van der Waals surface area contributed by atoms with Crippen LogP contribution in [0.3, 0.4) is 0 Å². The standard InChI is InChI=1S/C16H26N2O2/c1-10(2)15(17)16(19)18-12(5)13-8-6-7-9-14(13)20-11(3)4/h6-12,15H,17H2,1-5H3,(H,18,19). The summed E-state index contributed by atoms with van der Waals surface area (Å²) in [4.78, 5) is 12.0. The average Bonchev–Trinajstić information content (AvgIpc) is 2.37. The van der Waals surface area contributed by atoms with Crippen LogP contribution in [0, 0.1) is 5.92 Å². The molecule has 0 aliphatic heterocycles. The molecule has 2 atom stereocenters. The molecule has 0 aliphatic rings. The zero-order valence-corrected chi connectivity index (χ0v) is 13.0. The summed E-state index contributed by atoms with van der Waals surface area (Å²) < 4.78 is 5.77. The molecule has 1 aromatic rings. The number of carbonyl (C=O) groups is 1. The SMILES string of the molecule is CC(C)Oc1ccccc1C(C)NC(=O)C(N)C(C)C. The Kier molecular flexibility index (Phi) is 6.02. The van der Waals surface area contributed by atoms with Crippen LogP contribution in [0.1, 0.15) is 46.2 Å². The third kappa shape index (κ3) is 4.53. The van der Waals surface area contributed by atoms with E-state index in [4.69, 9.17) is 10.5 Å². The summed E-state index contributed by atoms with van der Waals surface area (Å²) in [5, 5.41) is 2.95. The number of para-hydroxylation sites is 1. The van der Waals surface area contributed by atoms with E-state index in [2.05, 4.69) is 5.32 Å². The molecule has 20 heavy (non-hydrogen) atoms. The van der Waals surface area contributed by atoms with Crippen molar-refractivity contribution in [3.05, 3.63) is 29.8 Å². The summed E-state index contributed by atoms with van der Waals surface area (Å²) in [5.74, 6) is 0.782. The maximum absolute atomic E-state index is 12.0. The Morgan fingerprint density at radius 1 is 1.15 bits per heavy atom. The molecule has 1 aromatic carbocycles. The van der Waals surface area contributed by atoms with Crippen molar-refractivity contribution >= 4 is 5.91 Å². The zero-order chi connectivity index (χ0) is 15.3. The molecule has 4 heteroatoms. The van der Waals surface area contributed by atoms with Crippen LogP contribution in [0.2, 0.25) is 0 Å². The summed E-state index contributed by atoms with van der Waals surface area (Å²) in [6.45, 7) is 9.77. The third-order valence-corrected chi connectivity index (χ3v) is 3.13. The molecule has 1 amide bonds. The lowest BCUT2D eigenvalue weighted by molar-refractivity contribution is -0.123. The third-order valence-electron chi connectivity index (χ3n) is 3.13. The molecule has 0 aliphatic carbocycles. The monoisotopic (exact) mass is 278 g/mol. The van der Waals surface area contributed by atoms with Gasteiger partial charge in [0.2, 0.25) is 5.91 Å². The lowest BCUT2D eigenvalue weighted by Gasteiger charge is -2.22. The molecule has 2 unspecified atom stereocenters. The summed E-state index contributed by atoms with van der Waals surface area (Å²) in [6, 6.07) is 7.12. The first kappa shape index (κ1) is 16.5. The summed E-state index contributed by atoms with van der Waals surface area (Å²) in [7, 11) is 0. The van der Waals surface area contributed by atoms with Crippen LogP contribution in [-0.4, -0.2) is 18.1 Å². The van der Waals surface area contributed by atoms with E-state index in [-0.39, 0.29) is 24.0 Å². The second kappa shape index (κ2) is 7.29. The molecule has 0 fully saturated rings. The molecule has 1 rings (SSSR count). The van der Waals surface area contributed by atoms with Gasteiger partial charge in [-0.2, -0.15) is 0 Å². The van der Waals surface area contributed by atoms with E-state index in [1.807, 2.05) is 58.9 Å². The van der Waals surface area contributed by atoms with Crippen LogP contribution >= 0.6 is 0 Å². The van der Waals surface area contributed by atoms with Crippen LogP contribution in [0.5, 0.6) is 5.75 Å². The lowest BCUT2D eigenvalue weighted by Crippen LogP contribution is -2.44. The molecular formula is C16H26N2O2. The first-order chi connectivity index (χ1) is 9.32. The molecule has 0 saturated carbocycles. The number of nitrogens with two attached hydrogens (primary N) is 1. The fourth-order valence-electron chi connectivity index (χ4n) is 1.89. The zero-order valence-electron chi connectivity index (χ0n) is 13.0. The van der Waals surface area contributed by atoms with E-state index in [1.165, 1.54) is 0 Å². The van der Waals surface area contributed by atoms with E-state index in [0.717, 1.165) is 11.3 Å². The van der Waals surface area contributed by atoms with Crippen molar-refractivity contribution in [2.45, 2.75) is 52.8 Å². The lowest BCUT2D eigenvalue weighted by atomic mass is 10.0. The van der Waals surface area contributed by atoms with Gasteiger partial charge in [-0.3, -0.25) is 4.79 Å². The Hall–Kier alpha value is -1.55. The number of rotatable bonds is 6. The van der Waals surface area contributed by atoms with E-state index in [0.29, 0.717) is 0 Å². The molecule has 112 valence electrons. The Balaban J connectivity index is 2.82. The highest BCUT2D eigenvalue weighted by molar-refractivity contribution is 5.82. The van der Waals surface area contributed by atoms with Gasteiger partial charge in [-0.1, -0.05) is 32.0 Å². The Morgan fingerprint density at radius 2 is 1.75 bits per heavy atom. The second-order valence-electron chi connectivity index (χ2n) is 5.70. The van der Waals surface area contributed by atoms with E-state index < -0.39 is 6.04 Å². The number of hydrogen-bond donors (Lipinski definition) is 2. The van der Waals surface area contributed by atoms with Crippen molar-refractivity contribution in [2.75, 3.05) is 0 Å². The second-order valence-corrected chi connectivity index (χ2v) is 5.70. The molecule has 4 nitrogen and oxygen atoms in total. The van der Waals surface area contributed by atoms with Gasteiger partial charge in [0.15, 0.2) is 0 Å². The quantitative estimate of drug-likeness (QED) is 0.840. The molecule has 0 radical (unpaired) electrons. The van der Waals surface area contributed by atoms with Crippen molar-refractivity contribution < 1.29 is 9.53 Å². The predicted octanol–water partition coefficient (Wildman–Crippen LogP) is 2.63. The molecular weight excluding hydrogens is 252 g/mol. The maximum Gasteiger partial charge on any atom is 0.237 e. The normalized spacial score (nSPS) is 14.2. The minimum atomic E-state index is -0.490. The van der Waals surface area contributed by atoms with Gasteiger partial charge >= 0.3 is 0 Å². The highest BCUT2D eigenvalue weighted by Gasteiger charge is 2.21. The number of benzene rings is 1. The Bertz CT molecular complexity index is 444. The highest BCUT2D eigenvalue weighted by Crippen LogP contribution is 2.25. The minimum Gasteiger partial charge on any atom is -0.491 e. The molecule has 0 bridgehead atoms. The number of carbonyl (C=O) groups excluding carboxylic acids is 1. The van der Waals surface area contributed by atoms with Gasteiger partial charge in [-0.25, -0.2) is 0 Å². The maximum atomic E-state index is 12.0. The fraction of sp³-hybridized carbons (Fsp3) is 0.562. The van der Waals surface area contributed by atoms with Gasteiger partial charge in [0.05, 0.1) is 18.2 Å². The summed E-state index contributed by atoms with van der Waals surface area (Å²) in [5.41, 5.74) is 6.83. The van der Waals surface area contributed by atoms with Gasteiger partial charge in [0.25, 0.3) is 0 Å². The van der Waals surface area contributed by atoms with Gasteiger partial charge in [-0.15, -0.1) is 0 Å². The average molecular weight is 278 g/mol. The number of ether oxygens (including phenoxy) is 1. The van der Waals surface area contributed by atoms with Crippen LogP contribution in [0.15, 0.2) is 24.3 Å². The van der Waals surface area contributed by atoms with Gasteiger partial charge in [-0.05, 0) is 32.8 Å². The predicted molar refractivity (Wildman–Crippen MR) is 81.6 cm³/mol. The van der Waals surface area contributed by atoms with Crippen molar-refractivity contribution in [3.8, 4) is 5.75 Å². The van der Waals surface area contributed by atoms with Crippen molar-refractivity contribution in [2.24, 2.45) is 11.7 Å². The largest absolute Gasteiger partial charge is 0.491 e. The van der Waals surface area contributed by atoms with Gasteiger partial charge in [0, 0.05) is 5.56 Å². The molecule has 3 N–H and O–H groups in total. The van der Waals surface area contributed by atoms with Crippen LogP contribution in [0.25, 0.3) is 0 Å². The molecule has 0 spiro atoms. The van der Waals surface area contributed by atoms with Crippen molar-refractivity contribution in [1.29, 1.82) is 0 Å². The topological polar surface area (TPSA) is 64.3 Å². The van der Waals surface area contributed by atoms with Crippen LogP contribution < -0.4 is 15.8 Å². The van der Waals surface area contributed by atoms with Gasteiger partial charge < -0.3 is 15.8 Å². The Morgan fingerprint density at radius 3 is 2.30 bits per heavy atom. The van der Waals surface area contributed by atoms with E-state index in [1.54, 1.807) is 0 Å². The summed E-state index contributed by atoms with van der Waals surface area (Å²) >= 11 is 0. The number of amides is 1. The summed E-state index contributed by atoms with van der Waals surface area (Å²) in [6.07, 6.45) is 0.0944. The van der Waals surface area contributed by atoms with Crippen molar-refractivity contribution in [3.63, 3.8) is 0 Å². The highest BCUT2D eigenvalue weighted by atomic mass is 16.5. The van der Waals surface area contributed by atoms with Crippen molar-refractivity contribution in [1.82, 2.24) is 5.32 Å². The first-order valence-corrected chi connectivity index (χ1v) is 7.14. The molecule has 0 aromatic heterocycles. The van der Waals surface area contributed by atoms with Gasteiger partial charge in [0.1, 0.15) is 5.75 Å². The molecule has 0 heterocycles. The number of nitrogens with one attached hydrogen (secondary N) is 1. The van der Waals surface area contributed by atoms with E-state index >= 15 is 0 Å². The Labute approximate surface area is 121 Å². The first-order valence-electron chi connectivity index (χ1n) is 7.14. The fourth-order valence-corrected chi connectivity index (χ4v) is 1.89. The number of hydrogen-bond acceptors (Lipinski definition) is 3. The minimum absolute atomic E-state index is 0.0944. The smallest absolute Gasteiger partial charge is 0.237 e. The van der Waals surface area contributed by atoms with Crippen LogP contribution in [-0.2, 0) is 4.79 Å². The van der Waals surface area contributed by atoms with Crippen LogP contribution in [0.4, 0.5) is 0 Å². The van der Waals surface area contributed by atoms with E-state index in [9.17, 15) is 4.79 Å².